The summed E-state index contributed by atoms with van der Waals surface area (Å²) in [6, 6.07) is 2.44. The molecular formula is C9H9F4NO2S. The Hall–Kier alpha value is -1.31. The van der Waals surface area contributed by atoms with Gasteiger partial charge in [-0.3, -0.25) is 0 Å². The summed E-state index contributed by atoms with van der Waals surface area (Å²) >= 11 is 0. The van der Waals surface area contributed by atoms with Crippen molar-refractivity contribution < 1.29 is 26.0 Å². The summed E-state index contributed by atoms with van der Waals surface area (Å²) in [7, 11) is -4.18. The summed E-state index contributed by atoms with van der Waals surface area (Å²) in [5, 5.41) is 0. The lowest BCUT2D eigenvalue weighted by molar-refractivity contribution is -0.129. The number of halogens is 4. The van der Waals surface area contributed by atoms with Gasteiger partial charge in [0.15, 0.2) is 9.84 Å². The van der Waals surface area contributed by atoms with E-state index in [9.17, 15) is 26.0 Å². The smallest absolute Gasteiger partial charge is 0.390 e. The lowest BCUT2D eigenvalue weighted by Gasteiger charge is -2.08. The van der Waals surface area contributed by atoms with Gasteiger partial charge in [0.25, 0.3) is 0 Å². The second-order valence-electron chi connectivity index (χ2n) is 3.40. The Balaban J connectivity index is 2.98. The molecular weight excluding hydrogens is 262 g/mol. The molecule has 0 aliphatic heterocycles. The topological polar surface area (TPSA) is 60.2 Å². The maximum absolute atomic E-state index is 12.9. The normalized spacial score (nSPS) is 12.7. The molecule has 96 valence electrons. The SMILES string of the molecule is Nc1cc(F)cc(S(=O)(=O)CCC(F)(F)F)c1. The Morgan fingerprint density at radius 3 is 2.24 bits per heavy atom. The van der Waals surface area contributed by atoms with Gasteiger partial charge in [-0.15, -0.1) is 0 Å². The molecule has 0 spiro atoms. The van der Waals surface area contributed by atoms with Crippen molar-refractivity contribution in [2.45, 2.75) is 17.5 Å². The van der Waals surface area contributed by atoms with Crippen molar-refractivity contribution in [1.82, 2.24) is 0 Å². The van der Waals surface area contributed by atoms with Gasteiger partial charge in [-0.05, 0) is 18.2 Å². The van der Waals surface area contributed by atoms with E-state index >= 15 is 0 Å². The fourth-order valence-electron chi connectivity index (χ4n) is 1.13. The molecule has 17 heavy (non-hydrogen) atoms. The summed E-state index contributed by atoms with van der Waals surface area (Å²) in [5.74, 6) is -2.03. The summed E-state index contributed by atoms with van der Waals surface area (Å²) in [6.07, 6.45) is -6.06. The van der Waals surface area contributed by atoms with Crippen molar-refractivity contribution in [3.63, 3.8) is 0 Å². The van der Waals surface area contributed by atoms with Gasteiger partial charge in [-0.1, -0.05) is 0 Å². The zero-order valence-corrected chi connectivity index (χ0v) is 9.28. The summed E-state index contributed by atoms with van der Waals surface area (Å²) in [5.41, 5.74) is 5.05. The molecule has 3 nitrogen and oxygen atoms in total. The Morgan fingerprint density at radius 2 is 1.76 bits per heavy atom. The predicted octanol–water partition coefficient (Wildman–Crippen LogP) is 2.13. The molecule has 0 unspecified atom stereocenters. The van der Waals surface area contributed by atoms with E-state index in [1.807, 2.05) is 0 Å². The van der Waals surface area contributed by atoms with Gasteiger partial charge in [0.2, 0.25) is 0 Å². The van der Waals surface area contributed by atoms with Crippen LogP contribution in [0.5, 0.6) is 0 Å². The maximum atomic E-state index is 12.9. The molecule has 0 aliphatic rings. The average molecular weight is 271 g/mol. The molecule has 0 heterocycles. The minimum absolute atomic E-state index is 0.157. The Morgan fingerprint density at radius 1 is 1.18 bits per heavy atom. The first-order valence-corrected chi connectivity index (χ1v) is 6.11. The summed E-state index contributed by atoms with van der Waals surface area (Å²) < 4.78 is 71.5. The van der Waals surface area contributed by atoms with Crippen LogP contribution in [0.4, 0.5) is 23.2 Å². The molecule has 8 heteroatoms. The zero-order chi connectivity index (χ0) is 13.3. The maximum Gasteiger partial charge on any atom is 0.390 e. The second kappa shape index (κ2) is 4.52. The number of anilines is 1. The second-order valence-corrected chi connectivity index (χ2v) is 5.51. The van der Waals surface area contributed by atoms with Gasteiger partial charge in [0, 0.05) is 5.69 Å². The molecule has 0 radical (unpaired) electrons. The van der Waals surface area contributed by atoms with E-state index in [1.165, 1.54) is 0 Å². The fraction of sp³-hybridized carbons (Fsp3) is 0.333. The number of nitrogen functional groups attached to an aromatic ring is 1. The quantitative estimate of drug-likeness (QED) is 0.676. The first kappa shape index (κ1) is 13.8. The van der Waals surface area contributed by atoms with Crippen LogP contribution in [-0.4, -0.2) is 20.3 Å². The lowest BCUT2D eigenvalue weighted by atomic mass is 10.3. The van der Waals surface area contributed by atoms with E-state index in [1.54, 1.807) is 0 Å². The minimum Gasteiger partial charge on any atom is -0.399 e. The fourth-order valence-corrected chi connectivity index (χ4v) is 2.48. The van der Waals surface area contributed by atoms with Crippen LogP contribution in [0.15, 0.2) is 23.1 Å². The van der Waals surface area contributed by atoms with Crippen LogP contribution >= 0.6 is 0 Å². The number of nitrogens with two attached hydrogens (primary N) is 1. The number of rotatable bonds is 3. The van der Waals surface area contributed by atoms with Gasteiger partial charge in [-0.25, -0.2) is 12.8 Å². The van der Waals surface area contributed by atoms with Crippen molar-refractivity contribution in [3.05, 3.63) is 24.0 Å². The highest BCUT2D eigenvalue weighted by Crippen LogP contribution is 2.24. The minimum atomic E-state index is -4.58. The molecule has 0 amide bonds. The van der Waals surface area contributed by atoms with Crippen molar-refractivity contribution in [2.75, 3.05) is 11.5 Å². The predicted molar refractivity (Wildman–Crippen MR) is 53.5 cm³/mol. The largest absolute Gasteiger partial charge is 0.399 e. The van der Waals surface area contributed by atoms with E-state index in [0.29, 0.717) is 6.07 Å². The van der Waals surface area contributed by atoms with E-state index in [4.69, 9.17) is 5.73 Å². The number of benzene rings is 1. The molecule has 0 aliphatic carbocycles. The molecule has 0 saturated heterocycles. The van der Waals surface area contributed by atoms with E-state index in [2.05, 4.69) is 0 Å². The zero-order valence-electron chi connectivity index (χ0n) is 8.46. The Labute approximate surface area is 95.2 Å². The number of sulfone groups is 1. The monoisotopic (exact) mass is 271 g/mol. The number of hydrogen-bond acceptors (Lipinski definition) is 3. The van der Waals surface area contributed by atoms with Gasteiger partial charge in [-0.2, -0.15) is 13.2 Å². The first-order chi connectivity index (χ1) is 7.60. The van der Waals surface area contributed by atoms with Crippen LogP contribution in [0.3, 0.4) is 0 Å². The van der Waals surface area contributed by atoms with Crippen LogP contribution in [0.25, 0.3) is 0 Å². The molecule has 1 aromatic rings. The van der Waals surface area contributed by atoms with Crippen molar-refractivity contribution in [3.8, 4) is 0 Å². The number of hydrogen-bond donors (Lipinski definition) is 1. The van der Waals surface area contributed by atoms with Crippen LogP contribution in [0, 0.1) is 5.82 Å². The van der Waals surface area contributed by atoms with Crippen LogP contribution in [0.2, 0.25) is 0 Å². The Kier molecular flexibility index (Phi) is 3.65. The molecule has 0 fully saturated rings. The van der Waals surface area contributed by atoms with Gasteiger partial charge in [0.1, 0.15) is 5.82 Å². The van der Waals surface area contributed by atoms with E-state index in [-0.39, 0.29) is 5.69 Å². The van der Waals surface area contributed by atoms with Crippen molar-refractivity contribution in [2.24, 2.45) is 0 Å². The highest BCUT2D eigenvalue weighted by molar-refractivity contribution is 7.91. The molecule has 0 atom stereocenters. The lowest BCUT2D eigenvalue weighted by Crippen LogP contribution is -2.16. The third-order valence-electron chi connectivity index (χ3n) is 1.91. The molecule has 0 aromatic heterocycles. The first-order valence-electron chi connectivity index (χ1n) is 4.46. The summed E-state index contributed by atoms with van der Waals surface area (Å²) in [6.45, 7) is 0. The number of alkyl halides is 3. The van der Waals surface area contributed by atoms with Crippen molar-refractivity contribution in [1.29, 1.82) is 0 Å². The van der Waals surface area contributed by atoms with Crippen molar-refractivity contribution >= 4 is 15.5 Å². The molecule has 2 N–H and O–H groups in total. The third kappa shape index (κ3) is 4.22. The van der Waals surface area contributed by atoms with Gasteiger partial charge < -0.3 is 5.73 Å². The summed E-state index contributed by atoms with van der Waals surface area (Å²) in [4.78, 5) is -0.542. The molecule has 0 saturated carbocycles. The van der Waals surface area contributed by atoms with Crippen LogP contribution in [0.1, 0.15) is 6.42 Å². The highest BCUT2D eigenvalue weighted by Gasteiger charge is 2.30. The third-order valence-corrected chi connectivity index (χ3v) is 3.60. The van der Waals surface area contributed by atoms with Gasteiger partial charge in [0.05, 0.1) is 17.1 Å². The van der Waals surface area contributed by atoms with Crippen LogP contribution in [-0.2, 0) is 9.84 Å². The molecule has 0 bridgehead atoms. The van der Waals surface area contributed by atoms with Crippen LogP contribution < -0.4 is 5.73 Å². The molecule has 1 aromatic carbocycles. The van der Waals surface area contributed by atoms with E-state index < -0.39 is 38.9 Å². The van der Waals surface area contributed by atoms with E-state index in [0.717, 1.165) is 12.1 Å². The Bertz CT molecular complexity index is 490. The average Bonchev–Trinajstić information content (AvgIpc) is 2.12. The standard InChI is InChI=1S/C9H9F4NO2S/c10-6-3-7(14)5-8(4-6)17(15,16)2-1-9(11,12)13/h3-5H,1-2,14H2. The van der Waals surface area contributed by atoms with Gasteiger partial charge >= 0.3 is 6.18 Å². The molecule has 1 rings (SSSR count). The highest BCUT2D eigenvalue weighted by atomic mass is 32.2.